The standard InChI is InChI=1S/C23H26O7S2/c1-31(25)21(9-5-15-3-7-17-19(11-15)29-13-27-17)23(24)22(32(2)26)10-6-16-4-8-18-20(12-16)30-14-28-18/h3-4,7-8,11-12,21-22H,5-6,9-10,13-14H2,1-2H3. The summed E-state index contributed by atoms with van der Waals surface area (Å²) in [6.45, 7) is 0.401. The zero-order valence-corrected chi connectivity index (χ0v) is 19.7. The normalized spacial score (nSPS) is 17.6. The van der Waals surface area contributed by atoms with Crippen LogP contribution < -0.4 is 18.9 Å². The molecule has 2 aromatic rings. The van der Waals surface area contributed by atoms with Crippen LogP contribution in [-0.4, -0.2) is 50.8 Å². The summed E-state index contributed by atoms with van der Waals surface area (Å²) in [6, 6.07) is 11.3. The molecule has 172 valence electrons. The molecule has 0 radical (unpaired) electrons. The highest BCUT2D eigenvalue weighted by Gasteiger charge is 2.32. The number of carbonyl (C=O) groups excluding carboxylic acids is 1. The number of Topliss-reactive ketones (excluding diaryl/α,β-unsaturated/α-hetero) is 1. The molecule has 2 aliphatic heterocycles. The molecule has 0 fully saturated rings. The molecule has 0 amide bonds. The van der Waals surface area contributed by atoms with Crippen LogP contribution in [0.15, 0.2) is 36.4 Å². The summed E-state index contributed by atoms with van der Waals surface area (Å²) in [7, 11) is -2.74. The minimum atomic E-state index is -1.37. The first kappa shape index (κ1) is 22.8. The van der Waals surface area contributed by atoms with Crippen molar-refractivity contribution in [2.75, 3.05) is 26.1 Å². The molecular weight excluding hydrogens is 452 g/mol. The van der Waals surface area contributed by atoms with Crippen LogP contribution in [0.25, 0.3) is 0 Å². The first-order valence-electron chi connectivity index (χ1n) is 10.4. The van der Waals surface area contributed by atoms with Crippen molar-refractivity contribution in [1.29, 1.82) is 0 Å². The second-order valence-electron chi connectivity index (χ2n) is 7.83. The van der Waals surface area contributed by atoms with Crippen molar-refractivity contribution in [3.63, 3.8) is 0 Å². The van der Waals surface area contributed by atoms with E-state index in [9.17, 15) is 13.2 Å². The number of fused-ring (bicyclic) bond motifs is 2. The van der Waals surface area contributed by atoms with Gasteiger partial charge < -0.3 is 18.9 Å². The molecule has 2 aromatic carbocycles. The van der Waals surface area contributed by atoms with Crippen LogP contribution in [0.1, 0.15) is 24.0 Å². The monoisotopic (exact) mass is 478 g/mol. The van der Waals surface area contributed by atoms with E-state index < -0.39 is 32.1 Å². The van der Waals surface area contributed by atoms with Gasteiger partial charge in [-0.1, -0.05) is 12.1 Å². The molecule has 0 aliphatic carbocycles. The van der Waals surface area contributed by atoms with Crippen LogP contribution in [-0.2, 0) is 39.2 Å². The number of hydrogen-bond donors (Lipinski definition) is 0. The van der Waals surface area contributed by atoms with E-state index in [-0.39, 0.29) is 19.4 Å². The lowest BCUT2D eigenvalue weighted by Crippen LogP contribution is -2.38. The Labute approximate surface area is 192 Å². The average Bonchev–Trinajstić information content (AvgIpc) is 3.42. The summed E-state index contributed by atoms with van der Waals surface area (Å²) in [5.41, 5.74) is 1.96. The fourth-order valence-corrected chi connectivity index (χ4v) is 5.91. The van der Waals surface area contributed by atoms with Gasteiger partial charge in [0.1, 0.15) is 0 Å². The number of rotatable bonds is 10. The number of benzene rings is 2. The summed E-state index contributed by atoms with van der Waals surface area (Å²) < 4.78 is 46.3. The van der Waals surface area contributed by atoms with E-state index in [2.05, 4.69) is 0 Å². The Morgan fingerprint density at radius 1 is 0.750 bits per heavy atom. The van der Waals surface area contributed by atoms with Gasteiger partial charge in [0.15, 0.2) is 28.8 Å². The fourth-order valence-electron chi connectivity index (χ4n) is 3.94. The third-order valence-electron chi connectivity index (χ3n) is 5.70. The molecule has 0 spiro atoms. The van der Waals surface area contributed by atoms with Crippen LogP contribution in [0.3, 0.4) is 0 Å². The maximum Gasteiger partial charge on any atom is 0.231 e. The van der Waals surface area contributed by atoms with E-state index in [0.717, 1.165) is 11.1 Å². The average molecular weight is 479 g/mol. The molecule has 32 heavy (non-hydrogen) atoms. The maximum atomic E-state index is 13.3. The lowest BCUT2D eigenvalue weighted by molar-refractivity contribution is -0.118. The summed E-state index contributed by atoms with van der Waals surface area (Å²) in [6.07, 6.45) is 5.04. The van der Waals surface area contributed by atoms with Gasteiger partial charge in [-0.05, 0) is 61.1 Å². The predicted octanol–water partition coefficient (Wildman–Crippen LogP) is 2.77. The SMILES string of the molecule is CS(=O)C(CCc1ccc2c(c1)OCO2)C(=O)C(CCc1ccc2c(c1)OCO2)S(C)=O. The second kappa shape index (κ2) is 10.0. The van der Waals surface area contributed by atoms with Gasteiger partial charge in [0.2, 0.25) is 13.6 Å². The van der Waals surface area contributed by atoms with Crippen molar-refractivity contribution in [1.82, 2.24) is 0 Å². The molecule has 7 nitrogen and oxygen atoms in total. The van der Waals surface area contributed by atoms with E-state index in [1.807, 2.05) is 36.4 Å². The fraction of sp³-hybridized carbons (Fsp3) is 0.435. The largest absolute Gasteiger partial charge is 0.454 e. The van der Waals surface area contributed by atoms with Crippen LogP contribution in [0.2, 0.25) is 0 Å². The van der Waals surface area contributed by atoms with Gasteiger partial charge in [-0.2, -0.15) is 0 Å². The van der Waals surface area contributed by atoms with Crippen LogP contribution in [0.4, 0.5) is 0 Å². The van der Waals surface area contributed by atoms with Crippen molar-refractivity contribution >= 4 is 27.4 Å². The molecule has 2 aliphatic rings. The highest BCUT2D eigenvalue weighted by Crippen LogP contribution is 2.34. The van der Waals surface area contributed by atoms with Gasteiger partial charge in [0, 0.05) is 34.1 Å². The van der Waals surface area contributed by atoms with Gasteiger partial charge in [-0.3, -0.25) is 13.2 Å². The van der Waals surface area contributed by atoms with Gasteiger partial charge >= 0.3 is 0 Å². The zero-order chi connectivity index (χ0) is 22.7. The van der Waals surface area contributed by atoms with Crippen molar-refractivity contribution < 1.29 is 32.2 Å². The molecule has 0 N–H and O–H groups in total. The Bertz CT molecular complexity index is 971. The van der Waals surface area contributed by atoms with E-state index >= 15 is 0 Å². The number of carbonyl (C=O) groups is 1. The van der Waals surface area contributed by atoms with E-state index in [0.29, 0.717) is 48.7 Å². The second-order valence-corrected chi connectivity index (χ2v) is 11.0. The predicted molar refractivity (Wildman–Crippen MR) is 122 cm³/mol. The highest BCUT2D eigenvalue weighted by atomic mass is 32.2. The van der Waals surface area contributed by atoms with Gasteiger partial charge in [0.25, 0.3) is 0 Å². The molecule has 4 rings (SSSR count). The van der Waals surface area contributed by atoms with Crippen LogP contribution >= 0.6 is 0 Å². The quantitative estimate of drug-likeness (QED) is 0.519. The smallest absolute Gasteiger partial charge is 0.231 e. The van der Waals surface area contributed by atoms with Gasteiger partial charge in [-0.25, -0.2) is 0 Å². The van der Waals surface area contributed by atoms with E-state index in [1.165, 1.54) is 12.5 Å². The number of aryl methyl sites for hydroxylation is 2. The lowest BCUT2D eigenvalue weighted by atomic mass is 10.0. The molecule has 9 heteroatoms. The Balaban J connectivity index is 1.41. The van der Waals surface area contributed by atoms with Crippen molar-refractivity contribution in [3.8, 4) is 23.0 Å². The number of ether oxygens (including phenoxy) is 4. The molecule has 0 saturated heterocycles. The summed E-state index contributed by atoms with van der Waals surface area (Å²) >= 11 is 0. The van der Waals surface area contributed by atoms with E-state index in [1.54, 1.807) is 0 Å². The number of hydrogen-bond acceptors (Lipinski definition) is 7. The van der Waals surface area contributed by atoms with Crippen molar-refractivity contribution in [2.45, 2.75) is 36.2 Å². The summed E-state index contributed by atoms with van der Waals surface area (Å²) in [5.74, 6) is 2.56. The first-order valence-corrected chi connectivity index (χ1v) is 13.6. The molecule has 0 aromatic heterocycles. The Morgan fingerprint density at radius 2 is 1.16 bits per heavy atom. The zero-order valence-electron chi connectivity index (χ0n) is 18.0. The Kier molecular flexibility index (Phi) is 7.15. The Morgan fingerprint density at radius 3 is 1.56 bits per heavy atom. The topological polar surface area (TPSA) is 88.1 Å². The lowest BCUT2D eigenvalue weighted by Gasteiger charge is -2.20. The molecule has 4 unspecified atom stereocenters. The van der Waals surface area contributed by atoms with Crippen molar-refractivity contribution in [3.05, 3.63) is 47.5 Å². The first-order chi connectivity index (χ1) is 15.4. The van der Waals surface area contributed by atoms with Crippen LogP contribution in [0.5, 0.6) is 23.0 Å². The highest BCUT2D eigenvalue weighted by molar-refractivity contribution is 7.87. The molecule has 2 heterocycles. The molecule has 0 bridgehead atoms. The summed E-state index contributed by atoms with van der Waals surface area (Å²) in [4.78, 5) is 13.3. The molecular formula is C23H26O7S2. The van der Waals surface area contributed by atoms with E-state index in [4.69, 9.17) is 18.9 Å². The van der Waals surface area contributed by atoms with Crippen molar-refractivity contribution in [2.24, 2.45) is 0 Å². The van der Waals surface area contributed by atoms with Gasteiger partial charge in [0.05, 0.1) is 10.5 Å². The molecule has 0 saturated carbocycles. The third-order valence-corrected chi connectivity index (χ3v) is 8.24. The Hall–Kier alpha value is -2.39. The third kappa shape index (κ3) is 5.15. The molecule has 4 atom stereocenters. The summed E-state index contributed by atoms with van der Waals surface area (Å²) in [5, 5.41) is -1.35. The minimum absolute atomic E-state index is 0.201. The number of ketones is 1. The minimum Gasteiger partial charge on any atom is -0.454 e. The maximum absolute atomic E-state index is 13.3. The van der Waals surface area contributed by atoms with Crippen LogP contribution in [0, 0.1) is 0 Å². The van der Waals surface area contributed by atoms with Gasteiger partial charge in [-0.15, -0.1) is 0 Å².